The number of β-lactam (4-membered cyclic amide) rings is 1. The van der Waals surface area contributed by atoms with Gasteiger partial charge in [-0.25, -0.2) is 0 Å². The van der Waals surface area contributed by atoms with Gasteiger partial charge in [0, 0.05) is 16.0 Å². The van der Waals surface area contributed by atoms with Crippen molar-refractivity contribution in [3.8, 4) is 11.1 Å². The van der Waals surface area contributed by atoms with Crippen LogP contribution in [0.25, 0.3) is 16.7 Å². The number of hydrogen-bond donors (Lipinski definition) is 1. The van der Waals surface area contributed by atoms with Crippen molar-refractivity contribution in [1.29, 1.82) is 0 Å². The molecule has 1 saturated heterocycles. The monoisotopic (exact) mass is 443 g/mol. The van der Waals surface area contributed by atoms with E-state index in [0.29, 0.717) is 28.7 Å². The van der Waals surface area contributed by atoms with Crippen molar-refractivity contribution in [1.82, 2.24) is 4.90 Å². The number of ketones is 1. The fourth-order valence-corrected chi connectivity index (χ4v) is 5.33. The minimum atomic E-state index is -1.41. The van der Waals surface area contributed by atoms with E-state index < -0.39 is 23.9 Å². The Morgan fingerprint density at radius 3 is 2.39 bits per heavy atom. The fourth-order valence-electron chi connectivity index (χ4n) is 4.89. The molecule has 5 rings (SSSR count). The summed E-state index contributed by atoms with van der Waals surface area (Å²) < 4.78 is 0. The van der Waals surface area contributed by atoms with Crippen molar-refractivity contribution in [2.24, 2.45) is 5.92 Å². The molecule has 6 nitrogen and oxygen atoms in total. The van der Waals surface area contributed by atoms with Gasteiger partial charge in [-0.3, -0.25) is 9.59 Å². The van der Waals surface area contributed by atoms with Gasteiger partial charge < -0.3 is 19.9 Å². The summed E-state index contributed by atoms with van der Waals surface area (Å²) in [4.78, 5) is 39.3. The van der Waals surface area contributed by atoms with E-state index in [1.54, 1.807) is 23.9 Å². The summed E-state index contributed by atoms with van der Waals surface area (Å²) in [5.41, 5.74) is 3.83. The first-order valence-corrected chi connectivity index (χ1v) is 10.9. The summed E-state index contributed by atoms with van der Waals surface area (Å²) >= 11 is 1.58. The van der Waals surface area contributed by atoms with Crippen molar-refractivity contribution in [2.75, 3.05) is 6.26 Å². The van der Waals surface area contributed by atoms with Crippen LogP contribution < -0.4 is 34.7 Å². The number of carbonyl (C=O) groups excluding carboxylic acids is 3. The van der Waals surface area contributed by atoms with Crippen LogP contribution in [0.3, 0.4) is 0 Å². The van der Waals surface area contributed by atoms with Crippen molar-refractivity contribution in [3.05, 3.63) is 58.8 Å². The maximum atomic E-state index is 12.8. The van der Waals surface area contributed by atoms with Gasteiger partial charge in [0.15, 0.2) is 5.78 Å². The predicted octanol–water partition coefficient (Wildman–Crippen LogP) is -1.30. The molecule has 31 heavy (non-hydrogen) atoms. The van der Waals surface area contributed by atoms with Crippen molar-refractivity contribution in [3.63, 3.8) is 0 Å². The maximum absolute atomic E-state index is 12.8. The van der Waals surface area contributed by atoms with E-state index >= 15 is 0 Å². The molecule has 0 saturated carbocycles. The molecule has 1 amide bonds. The van der Waals surface area contributed by atoms with Gasteiger partial charge in [0.25, 0.3) is 0 Å². The van der Waals surface area contributed by atoms with E-state index in [2.05, 4.69) is 0 Å². The van der Waals surface area contributed by atoms with Crippen LogP contribution in [0.2, 0.25) is 0 Å². The van der Waals surface area contributed by atoms with Gasteiger partial charge in [0.1, 0.15) is 0 Å². The van der Waals surface area contributed by atoms with Gasteiger partial charge in [0.05, 0.1) is 29.7 Å². The van der Waals surface area contributed by atoms with Crippen LogP contribution in [-0.4, -0.2) is 46.1 Å². The first kappa shape index (κ1) is 22.3. The van der Waals surface area contributed by atoms with E-state index in [0.717, 1.165) is 16.0 Å². The predicted molar refractivity (Wildman–Crippen MR) is 109 cm³/mol. The fraction of sp³-hybridized carbons (Fsp3) is 0.261. The zero-order valence-electron chi connectivity index (χ0n) is 17.3. The second-order valence-electron chi connectivity index (χ2n) is 7.86. The second-order valence-corrected chi connectivity index (χ2v) is 8.74. The van der Waals surface area contributed by atoms with Crippen LogP contribution in [0.5, 0.6) is 0 Å². The third-order valence-electron chi connectivity index (χ3n) is 6.30. The molecule has 0 radical (unpaired) electrons. The number of aliphatic carboxylic acids is 1. The van der Waals surface area contributed by atoms with Gasteiger partial charge in [-0.2, -0.15) is 0 Å². The number of aliphatic hydroxyl groups is 1. The van der Waals surface area contributed by atoms with Gasteiger partial charge in [-0.05, 0) is 72.2 Å². The zero-order chi connectivity index (χ0) is 21.3. The Bertz CT molecular complexity index is 1190. The Morgan fingerprint density at radius 2 is 1.77 bits per heavy atom. The number of aliphatic hydroxyl groups excluding tert-OH is 1. The first-order chi connectivity index (χ1) is 14.3. The molecule has 3 atom stereocenters. The standard InChI is InChI=1S/C23H19NO5S.Na/c1-10(25)19-18-9-15(20(23(28)29)24(18)22(19)27)11-3-5-13-16(7-11)17-8-12(30-2)4-6-14(17)21(13)26;/h3-8,10,18-19,25H,9H2,1-2H3,(H,28,29);/q;+1/p-1/t10-,18-,19-;/m1./s1. The molecule has 0 spiro atoms. The van der Waals surface area contributed by atoms with E-state index in [1.807, 2.05) is 30.5 Å². The van der Waals surface area contributed by atoms with E-state index in [9.17, 15) is 24.6 Å². The normalized spacial score (nSPS) is 21.8. The molecule has 2 aromatic rings. The topological polar surface area (TPSA) is 97.7 Å². The van der Waals surface area contributed by atoms with Crippen LogP contribution in [0.1, 0.15) is 34.8 Å². The molecule has 1 aliphatic carbocycles. The Kier molecular flexibility index (Phi) is 5.69. The molecule has 8 heteroatoms. The Labute approximate surface area is 205 Å². The SMILES string of the molecule is CSc1ccc2c(c1)-c1cc(C3=C(C(=O)[O-])N4C(=O)[C@H]([C@@H](C)O)[C@H]4C3)ccc1C2=O.[Na+]. The molecule has 1 N–H and O–H groups in total. The first-order valence-electron chi connectivity index (χ1n) is 9.66. The summed E-state index contributed by atoms with van der Waals surface area (Å²) in [7, 11) is 0. The van der Waals surface area contributed by atoms with Gasteiger partial charge in [0.2, 0.25) is 5.91 Å². The van der Waals surface area contributed by atoms with Crippen molar-refractivity contribution in [2.45, 2.75) is 30.4 Å². The van der Waals surface area contributed by atoms with Crippen LogP contribution in [0.15, 0.2) is 47.0 Å². The average Bonchev–Trinajstić information content (AvgIpc) is 3.20. The van der Waals surface area contributed by atoms with Crippen LogP contribution in [-0.2, 0) is 9.59 Å². The number of carboxylic acid groups (broad SMARTS) is 1. The van der Waals surface area contributed by atoms with Crippen molar-refractivity contribution >= 4 is 35.0 Å². The van der Waals surface area contributed by atoms with Crippen molar-refractivity contribution < 1.29 is 54.2 Å². The molecule has 2 heterocycles. The zero-order valence-corrected chi connectivity index (χ0v) is 20.2. The van der Waals surface area contributed by atoms with E-state index in [-0.39, 0.29) is 47.1 Å². The average molecular weight is 443 g/mol. The molecule has 0 unspecified atom stereocenters. The smallest absolute Gasteiger partial charge is 0.543 e. The number of hydrogen-bond acceptors (Lipinski definition) is 6. The molecule has 152 valence electrons. The van der Waals surface area contributed by atoms with Crippen LogP contribution >= 0.6 is 11.8 Å². The molecule has 2 aliphatic heterocycles. The third kappa shape index (κ3) is 3.14. The van der Waals surface area contributed by atoms with Gasteiger partial charge >= 0.3 is 29.6 Å². The number of amides is 1. The second kappa shape index (κ2) is 7.90. The summed E-state index contributed by atoms with van der Waals surface area (Å²) in [5, 5.41) is 21.8. The molecular formula is C23H18NNaO5S. The third-order valence-corrected chi connectivity index (χ3v) is 7.02. The Hall–Kier alpha value is -1.90. The van der Waals surface area contributed by atoms with Crippen LogP contribution in [0, 0.1) is 5.92 Å². The van der Waals surface area contributed by atoms with E-state index in [1.165, 1.54) is 11.8 Å². The molecule has 0 aromatic heterocycles. The summed E-state index contributed by atoms with van der Waals surface area (Å²) in [5.74, 6) is -2.47. The van der Waals surface area contributed by atoms with Gasteiger partial charge in [-0.15, -0.1) is 11.8 Å². The molecule has 1 fully saturated rings. The number of carbonyl (C=O) groups is 3. The van der Waals surface area contributed by atoms with E-state index in [4.69, 9.17) is 0 Å². The minimum absolute atomic E-state index is 0. The number of benzene rings is 2. The number of rotatable bonds is 4. The molecule has 0 bridgehead atoms. The number of nitrogens with zero attached hydrogens (tertiary/aromatic N) is 1. The summed E-state index contributed by atoms with van der Waals surface area (Å²) in [6, 6.07) is 10.6. The summed E-state index contributed by atoms with van der Waals surface area (Å²) in [6.07, 6.45) is 1.44. The number of thioether (sulfide) groups is 1. The quantitative estimate of drug-likeness (QED) is 0.306. The maximum Gasteiger partial charge on any atom is 1.00 e. The van der Waals surface area contributed by atoms with Crippen LogP contribution in [0.4, 0.5) is 0 Å². The summed E-state index contributed by atoms with van der Waals surface area (Å²) in [6.45, 7) is 1.54. The Balaban J connectivity index is 0.00000231. The molecular weight excluding hydrogens is 425 g/mol. The Morgan fingerprint density at radius 1 is 1.13 bits per heavy atom. The van der Waals surface area contributed by atoms with Gasteiger partial charge in [-0.1, -0.05) is 6.07 Å². The number of carboxylic acids is 1. The largest absolute Gasteiger partial charge is 1.00 e. The minimum Gasteiger partial charge on any atom is -0.543 e. The molecule has 2 aromatic carbocycles. The number of fused-ring (bicyclic) bond motifs is 4. The molecule has 3 aliphatic rings.